The third-order valence-electron chi connectivity index (χ3n) is 11.2. The second-order valence-electron chi connectivity index (χ2n) is 13.7. The number of benzene rings is 8. The van der Waals surface area contributed by atoms with Crippen LogP contribution >= 0.6 is 0 Å². The van der Waals surface area contributed by atoms with Crippen LogP contribution in [-0.2, 0) is 5.41 Å². The second-order valence-corrected chi connectivity index (χ2v) is 13.7. The van der Waals surface area contributed by atoms with Gasteiger partial charge in [-0.15, -0.1) is 0 Å². The van der Waals surface area contributed by atoms with Gasteiger partial charge < -0.3 is 9.47 Å². The maximum absolute atomic E-state index is 2.56. The number of rotatable bonds is 4. The summed E-state index contributed by atoms with van der Waals surface area (Å²) in [5, 5.41) is 2.57. The fourth-order valence-electron chi connectivity index (χ4n) is 9.23. The molecule has 9 aromatic rings. The Morgan fingerprint density at radius 1 is 0.353 bits per heavy atom. The smallest absolute Gasteiger partial charge is 0.0754 e. The molecule has 0 saturated carbocycles. The Bertz CT molecular complexity index is 2710. The summed E-state index contributed by atoms with van der Waals surface area (Å²) in [7, 11) is 0. The first-order valence-electron chi connectivity index (χ1n) is 17.7. The minimum Gasteiger partial charge on any atom is -0.311 e. The topological polar surface area (TPSA) is 8.17 Å². The molecule has 1 spiro atoms. The van der Waals surface area contributed by atoms with Crippen LogP contribution in [0.2, 0.25) is 0 Å². The molecule has 0 saturated heterocycles. The van der Waals surface area contributed by atoms with Crippen LogP contribution in [0.3, 0.4) is 0 Å². The highest BCUT2D eigenvalue weighted by molar-refractivity contribution is 6.13. The van der Waals surface area contributed by atoms with Crippen molar-refractivity contribution >= 4 is 38.9 Å². The van der Waals surface area contributed by atoms with Crippen molar-refractivity contribution in [3.05, 3.63) is 216 Å². The summed E-state index contributed by atoms with van der Waals surface area (Å²) in [4.78, 5) is 2.32. The lowest BCUT2D eigenvalue weighted by Gasteiger charge is -2.40. The van der Waals surface area contributed by atoms with Gasteiger partial charge in [-0.2, -0.15) is 0 Å². The van der Waals surface area contributed by atoms with E-state index in [0.29, 0.717) is 0 Å². The van der Waals surface area contributed by atoms with E-state index < -0.39 is 5.41 Å². The second kappa shape index (κ2) is 10.7. The number of nitrogens with zero attached hydrogens (tertiary/aromatic N) is 2. The van der Waals surface area contributed by atoms with Gasteiger partial charge in [0.15, 0.2) is 0 Å². The first kappa shape index (κ1) is 28.2. The average molecular weight is 649 g/mol. The van der Waals surface area contributed by atoms with Crippen molar-refractivity contribution in [3.63, 3.8) is 0 Å². The SMILES string of the molecule is c1ccc(N(c2ccccc2)c2ccc(-c3cccc4c3-n3c5ccccc5c5cccc(c53)C43c4ccccc4-c4ccccc43)cc2)cc1. The minimum absolute atomic E-state index is 0.459. The fourth-order valence-corrected chi connectivity index (χ4v) is 9.23. The lowest BCUT2D eigenvalue weighted by molar-refractivity contribution is 0.749. The highest BCUT2D eigenvalue weighted by Gasteiger charge is 2.51. The molecule has 2 nitrogen and oxygen atoms in total. The van der Waals surface area contributed by atoms with Gasteiger partial charge in [0.2, 0.25) is 0 Å². The van der Waals surface area contributed by atoms with E-state index in [1.165, 1.54) is 72.0 Å². The standard InChI is InChI=1S/C49H32N2/c1-3-15-34(16-4-1)50(35-17-5-2-6-18-35)36-31-29-33(30-32-36)37-22-13-26-44-47(37)51-46-28-12-9-21-40(46)41-23-14-27-45(48(41)51)49(44)42-24-10-7-19-38(42)39-20-8-11-25-43(39)49/h1-32H. The molecule has 0 N–H and O–H groups in total. The Morgan fingerprint density at radius 2 is 0.843 bits per heavy atom. The third kappa shape index (κ3) is 3.76. The summed E-state index contributed by atoms with van der Waals surface area (Å²) in [6.45, 7) is 0. The Kier molecular flexibility index (Phi) is 5.91. The number of para-hydroxylation sites is 5. The van der Waals surface area contributed by atoms with Crippen LogP contribution in [0, 0.1) is 0 Å². The molecule has 11 rings (SSSR count). The van der Waals surface area contributed by atoms with Crippen molar-refractivity contribution in [3.8, 4) is 27.9 Å². The van der Waals surface area contributed by atoms with E-state index >= 15 is 0 Å². The molecule has 2 heterocycles. The molecule has 0 atom stereocenters. The normalized spacial score (nSPS) is 13.3. The molecule has 8 aromatic carbocycles. The van der Waals surface area contributed by atoms with Crippen LogP contribution in [0.15, 0.2) is 194 Å². The van der Waals surface area contributed by atoms with Crippen molar-refractivity contribution in [2.45, 2.75) is 5.41 Å². The molecule has 1 aliphatic heterocycles. The summed E-state index contributed by atoms with van der Waals surface area (Å²) in [6.07, 6.45) is 0. The van der Waals surface area contributed by atoms with Gasteiger partial charge in [0.05, 0.1) is 22.1 Å². The van der Waals surface area contributed by atoms with Crippen molar-refractivity contribution in [1.82, 2.24) is 4.57 Å². The maximum atomic E-state index is 2.56. The molecule has 2 heteroatoms. The number of hydrogen-bond donors (Lipinski definition) is 0. The van der Waals surface area contributed by atoms with E-state index in [1.54, 1.807) is 0 Å². The van der Waals surface area contributed by atoms with Crippen LogP contribution in [-0.4, -0.2) is 4.57 Å². The van der Waals surface area contributed by atoms with Gasteiger partial charge >= 0.3 is 0 Å². The van der Waals surface area contributed by atoms with E-state index in [2.05, 4.69) is 204 Å². The number of fused-ring (bicyclic) bond motifs is 12. The first-order chi connectivity index (χ1) is 25.3. The van der Waals surface area contributed by atoms with Crippen LogP contribution in [0.5, 0.6) is 0 Å². The molecule has 0 radical (unpaired) electrons. The summed E-state index contributed by atoms with van der Waals surface area (Å²) < 4.78 is 2.56. The summed E-state index contributed by atoms with van der Waals surface area (Å²) >= 11 is 0. The molecule has 0 amide bonds. The molecule has 1 aromatic heterocycles. The van der Waals surface area contributed by atoms with Gasteiger partial charge in [0.1, 0.15) is 0 Å². The molecule has 238 valence electrons. The average Bonchev–Trinajstić information content (AvgIpc) is 3.70. The zero-order valence-corrected chi connectivity index (χ0v) is 27.9. The highest BCUT2D eigenvalue weighted by atomic mass is 15.1. The predicted octanol–water partition coefficient (Wildman–Crippen LogP) is 12.6. The zero-order chi connectivity index (χ0) is 33.5. The van der Waals surface area contributed by atoms with Gasteiger partial charge in [-0.05, 0) is 81.4 Å². The monoisotopic (exact) mass is 648 g/mol. The van der Waals surface area contributed by atoms with Crippen LogP contribution < -0.4 is 4.90 Å². The Labute approximate surface area is 297 Å². The number of hydrogen-bond acceptors (Lipinski definition) is 1. The van der Waals surface area contributed by atoms with Crippen molar-refractivity contribution in [2.75, 3.05) is 4.90 Å². The first-order valence-corrected chi connectivity index (χ1v) is 17.7. The van der Waals surface area contributed by atoms with Crippen molar-refractivity contribution in [1.29, 1.82) is 0 Å². The van der Waals surface area contributed by atoms with Gasteiger partial charge in [0, 0.05) is 33.4 Å². The zero-order valence-electron chi connectivity index (χ0n) is 27.9. The maximum Gasteiger partial charge on any atom is 0.0754 e. The lowest BCUT2D eigenvalue weighted by atomic mass is 9.65. The number of anilines is 3. The fraction of sp³-hybridized carbons (Fsp3) is 0.0204. The Hall–Kier alpha value is -6.64. The van der Waals surface area contributed by atoms with Crippen molar-refractivity contribution in [2.24, 2.45) is 0 Å². The lowest BCUT2D eigenvalue weighted by Crippen LogP contribution is -2.33. The van der Waals surface area contributed by atoms with E-state index in [-0.39, 0.29) is 0 Å². The van der Waals surface area contributed by atoms with Gasteiger partial charge in [-0.25, -0.2) is 0 Å². The molecule has 51 heavy (non-hydrogen) atoms. The number of aromatic nitrogens is 1. The summed E-state index contributed by atoms with van der Waals surface area (Å²) in [6, 6.07) is 71.3. The summed E-state index contributed by atoms with van der Waals surface area (Å²) in [5.41, 5.74) is 17.1. The molecular weight excluding hydrogens is 617 g/mol. The molecule has 0 bridgehead atoms. The van der Waals surface area contributed by atoms with Gasteiger partial charge in [0.25, 0.3) is 0 Å². The Morgan fingerprint density at radius 3 is 1.53 bits per heavy atom. The molecule has 1 aliphatic carbocycles. The van der Waals surface area contributed by atoms with Crippen LogP contribution in [0.1, 0.15) is 22.3 Å². The largest absolute Gasteiger partial charge is 0.311 e. The van der Waals surface area contributed by atoms with Gasteiger partial charge in [-0.3, -0.25) is 0 Å². The van der Waals surface area contributed by atoms with E-state index in [9.17, 15) is 0 Å². The van der Waals surface area contributed by atoms with Crippen LogP contribution in [0.4, 0.5) is 17.1 Å². The molecular formula is C49H32N2. The van der Waals surface area contributed by atoms with E-state index in [0.717, 1.165) is 17.1 Å². The summed E-state index contributed by atoms with van der Waals surface area (Å²) in [5.74, 6) is 0. The van der Waals surface area contributed by atoms with Crippen LogP contribution in [0.25, 0.3) is 49.7 Å². The highest BCUT2D eigenvalue weighted by Crippen LogP contribution is 2.61. The van der Waals surface area contributed by atoms with Gasteiger partial charge in [-0.1, -0.05) is 152 Å². The van der Waals surface area contributed by atoms with E-state index in [4.69, 9.17) is 0 Å². The molecule has 0 fully saturated rings. The van der Waals surface area contributed by atoms with E-state index in [1.807, 2.05) is 0 Å². The minimum atomic E-state index is -0.459. The van der Waals surface area contributed by atoms with Crippen molar-refractivity contribution < 1.29 is 0 Å². The third-order valence-corrected chi connectivity index (χ3v) is 11.2. The Balaban J connectivity index is 1.21. The molecule has 2 aliphatic rings. The molecule has 0 unspecified atom stereocenters. The quantitative estimate of drug-likeness (QED) is 0.184. The predicted molar refractivity (Wildman–Crippen MR) is 212 cm³/mol.